The lowest BCUT2D eigenvalue weighted by atomic mass is 10.1. The number of hydrogen-bond acceptors (Lipinski definition) is 3. The average Bonchev–Trinajstić information content (AvgIpc) is 2.36. The van der Waals surface area contributed by atoms with Crippen LogP contribution in [0.15, 0.2) is 18.2 Å². The summed E-state index contributed by atoms with van der Waals surface area (Å²) < 4.78 is 12.5. The lowest BCUT2D eigenvalue weighted by Gasteiger charge is -2.06. The molecule has 4 N–H and O–H groups in total. The zero-order valence-corrected chi connectivity index (χ0v) is 9.55. The van der Waals surface area contributed by atoms with Crippen LogP contribution in [0.2, 0.25) is 5.02 Å². The molecule has 0 saturated carbocycles. The van der Waals surface area contributed by atoms with E-state index in [0.29, 0.717) is 16.1 Å². The molecule has 1 aromatic rings. The van der Waals surface area contributed by atoms with Gasteiger partial charge in [0, 0.05) is 17.1 Å². The van der Waals surface area contributed by atoms with Crippen LogP contribution < -0.4 is 16.6 Å². The zero-order chi connectivity index (χ0) is 12.8. The Morgan fingerprint density at radius 3 is 2.65 bits per heavy atom. The summed E-state index contributed by atoms with van der Waals surface area (Å²) >= 11 is 5.72. The van der Waals surface area contributed by atoms with Gasteiger partial charge >= 0.3 is 11.8 Å². The molecule has 5 nitrogen and oxygen atoms in total. The van der Waals surface area contributed by atoms with Crippen LogP contribution in [0, 0.1) is 0 Å². The lowest BCUT2D eigenvalue weighted by Crippen LogP contribution is -2.42. The molecule has 0 atom stereocenters. The second-order valence-electron chi connectivity index (χ2n) is 3.22. The van der Waals surface area contributed by atoms with Crippen LogP contribution in [0.4, 0.5) is 4.39 Å². The van der Waals surface area contributed by atoms with Crippen molar-refractivity contribution in [1.82, 2.24) is 10.7 Å². The van der Waals surface area contributed by atoms with Gasteiger partial charge < -0.3 is 5.32 Å². The predicted molar refractivity (Wildman–Crippen MR) is 60.4 cm³/mol. The number of halogens is 2. The van der Waals surface area contributed by atoms with Crippen LogP contribution in [0.3, 0.4) is 0 Å². The first kappa shape index (κ1) is 13.4. The maximum Gasteiger partial charge on any atom is 0.323 e. The highest BCUT2D eigenvalue weighted by molar-refractivity contribution is 6.34. The van der Waals surface area contributed by atoms with Crippen molar-refractivity contribution in [3.05, 3.63) is 34.3 Å². The predicted octanol–water partition coefficient (Wildman–Crippen LogP) is 0.416. The van der Waals surface area contributed by atoms with Gasteiger partial charge in [0.1, 0.15) is 6.67 Å². The fourth-order valence-electron chi connectivity index (χ4n) is 1.17. The van der Waals surface area contributed by atoms with Crippen LogP contribution in [0.1, 0.15) is 11.1 Å². The molecular weight excluding hydrogens is 249 g/mol. The van der Waals surface area contributed by atoms with E-state index < -0.39 is 18.5 Å². The largest absolute Gasteiger partial charge is 0.344 e. The number of nitrogens with two attached hydrogens (primary N) is 1. The maximum absolute atomic E-state index is 12.5. The van der Waals surface area contributed by atoms with Crippen LogP contribution in [-0.2, 0) is 22.8 Å². The van der Waals surface area contributed by atoms with Gasteiger partial charge in [-0.15, -0.1) is 0 Å². The highest BCUT2D eigenvalue weighted by atomic mass is 35.5. The highest BCUT2D eigenvalue weighted by Crippen LogP contribution is 2.18. The molecule has 0 spiro atoms. The second-order valence-corrected chi connectivity index (χ2v) is 3.62. The Morgan fingerprint density at radius 2 is 2.06 bits per heavy atom. The van der Waals surface area contributed by atoms with E-state index >= 15 is 0 Å². The number of alkyl halides is 1. The first-order valence-electron chi connectivity index (χ1n) is 4.70. The normalized spacial score (nSPS) is 9.82. The lowest BCUT2D eigenvalue weighted by molar-refractivity contribution is -0.139. The molecule has 0 heterocycles. The number of hydrogen-bond donors (Lipinski definition) is 3. The van der Waals surface area contributed by atoms with Crippen LogP contribution >= 0.6 is 11.6 Å². The van der Waals surface area contributed by atoms with E-state index in [2.05, 4.69) is 5.32 Å². The van der Waals surface area contributed by atoms with Gasteiger partial charge in [0.2, 0.25) is 0 Å². The third-order valence-corrected chi connectivity index (χ3v) is 2.41. The quantitative estimate of drug-likeness (QED) is 0.318. The van der Waals surface area contributed by atoms with Gasteiger partial charge in [-0.2, -0.15) is 0 Å². The smallest absolute Gasteiger partial charge is 0.323 e. The third-order valence-electron chi connectivity index (χ3n) is 2.04. The van der Waals surface area contributed by atoms with Crippen LogP contribution in [0.5, 0.6) is 0 Å². The van der Waals surface area contributed by atoms with E-state index in [0.717, 1.165) is 0 Å². The number of hydrazine groups is 1. The molecule has 2 amide bonds. The summed E-state index contributed by atoms with van der Waals surface area (Å²) in [4.78, 5) is 21.8. The zero-order valence-electron chi connectivity index (χ0n) is 8.80. The van der Waals surface area contributed by atoms with Crippen molar-refractivity contribution in [2.45, 2.75) is 13.2 Å². The van der Waals surface area contributed by atoms with Gasteiger partial charge in [-0.05, 0) is 17.7 Å². The summed E-state index contributed by atoms with van der Waals surface area (Å²) in [6.45, 7) is -0.597. The number of rotatable bonds is 3. The van der Waals surface area contributed by atoms with Gasteiger partial charge in [-0.25, -0.2) is 10.2 Å². The molecule has 0 bridgehead atoms. The molecule has 1 rings (SSSR count). The highest BCUT2D eigenvalue weighted by Gasteiger charge is 2.11. The van der Waals surface area contributed by atoms with Gasteiger partial charge in [0.25, 0.3) is 0 Å². The van der Waals surface area contributed by atoms with E-state index in [4.69, 9.17) is 17.4 Å². The number of carbonyl (C=O) groups excluding carboxylic acids is 2. The molecule has 7 heteroatoms. The Morgan fingerprint density at radius 1 is 1.35 bits per heavy atom. The molecule has 0 unspecified atom stereocenters. The molecular formula is C10H11ClFN3O2. The van der Waals surface area contributed by atoms with Crippen molar-refractivity contribution in [2.24, 2.45) is 5.84 Å². The molecule has 0 aromatic heterocycles. The van der Waals surface area contributed by atoms with Crippen LogP contribution in [-0.4, -0.2) is 11.8 Å². The van der Waals surface area contributed by atoms with Gasteiger partial charge in [0.15, 0.2) is 0 Å². The third kappa shape index (κ3) is 3.69. The molecule has 0 aliphatic rings. The number of amides is 2. The Bertz CT molecular complexity index is 440. The number of nitrogens with one attached hydrogen (secondary N) is 2. The summed E-state index contributed by atoms with van der Waals surface area (Å²) in [5.41, 5.74) is 2.67. The van der Waals surface area contributed by atoms with Gasteiger partial charge in [-0.3, -0.25) is 15.0 Å². The number of carbonyl (C=O) groups is 2. The molecule has 92 valence electrons. The second kappa shape index (κ2) is 6.17. The molecule has 0 aliphatic carbocycles. The topological polar surface area (TPSA) is 84.2 Å². The van der Waals surface area contributed by atoms with E-state index in [-0.39, 0.29) is 6.54 Å². The standard InChI is InChI=1S/C10H11ClFN3O2/c11-8-2-1-6(3-7(8)4-12)5-14-9(16)10(17)15-13/h1-3H,4-5,13H2,(H,14,16)(H,15,17). The molecule has 0 fully saturated rings. The van der Waals surface area contributed by atoms with Crippen molar-refractivity contribution >= 4 is 23.4 Å². The molecule has 0 radical (unpaired) electrons. The minimum Gasteiger partial charge on any atom is -0.344 e. The summed E-state index contributed by atoms with van der Waals surface area (Å²) in [5.74, 6) is 2.98. The summed E-state index contributed by atoms with van der Waals surface area (Å²) in [6.07, 6.45) is 0. The first-order chi connectivity index (χ1) is 8.08. The first-order valence-corrected chi connectivity index (χ1v) is 5.08. The van der Waals surface area contributed by atoms with E-state index in [1.807, 2.05) is 0 Å². The molecule has 0 aliphatic heterocycles. The SMILES string of the molecule is NNC(=O)C(=O)NCc1ccc(Cl)c(CF)c1. The van der Waals surface area contributed by atoms with Crippen LogP contribution in [0.25, 0.3) is 0 Å². The minimum atomic E-state index is -0.940. The summed E-state index contributed by atoms with van der Waals surface area (Å²) in [6, 6.07) is 4.67. The molecule has 0 saturated heterocycles. The maximum atomic E-state index is 12.5. The molecule has 1 aromatic carbocycles. The monoisotopic (exact) mass is 259 g/mol. The van der Waals surface area contributed by atoms with Crippen molar-refractivity contribution in [3.8, 4) is 0 Å². The van der Waals surface area contributed by atoms with Gasteiger partial charge in [0.05, 0.1) is 0 Å². The van der Waals surface area contributed by atoms with Gasteiger partial charge in [-0.1, -0.05) is 17.7 Å². The van der Waals surface area contributed by atoms with Crippen molar-refractivity contribution < 1.29 is 14.0 Å². The Labute approximate surface area is 102 Å². The van der Waals surface area contributed by atoms with Crippen molar-refractivity contribution in [1.29, 1.82) is 0 Å². The fraction of sp³-hybridized carbons (Fsp3) is 0.200. The van der Waals surface area contributed by atoms with E-state index in [1.165, 1.54) is 12.1 Å². The van der Waals surface area contributed by atoms with E-state index in [1.54, 1.807) is 11.5 Å². The Kier molecular flexibility index (Phi) is 4.86. The Balaban J connectivity index is 2.64. The Hall–Kier alpha value is -1.66. The average molecular weight is 260 g/mol. The van der Waals surface area contributed by atoms with E-state index in [9.17, 15) is 14.0 Å². The number of benzene rings is 1. The summed E-state index contributed by atoms with van der Waals surface area (Å²) in [5, 5.41) is 2.65. The van der Waals surface area contributed by atoms with Crippen molar-refractivity contribution in [2.75, 3.05) is 0 Å². The van der Waals surface area contributed by atoms with Crippen molar-refractivity contribution in [3.63, 3.8) is 0 Å². The fourth-order valence-corrected chi connectivity index (χ4v) is 1.34. The molecule has 17 heavy (non-hydrogen) atoms. The summed E-state index contributed by atoms with van der Waals surface area (Å²) in [7, 11) is 0. The minimum absolute atomic E-state index is 0.0937.